The molecule has 0 unspecified atom stereocenters. The van der Waals surface area contributed by atoms with Crippen LogP contribution in [0, 0.1) is 0 Å². The van der Waals surface area contributed by atoms with Crippen LogP contribution in [0.3, 0.4) is 0 Å². The molecule has 0 aromatic carbocycles. The third-order valence-corrected chi connectivity index (χ3v) is 5.20. The van der Waals surface area contributed by atoms with Crippen LogP contribution < -0.4 is 5.32 Å². The number of aromatic nitrogens is 2. The summed E-state index contributed by atoms with van der Waals surface area (Å²) < 4.78 is 1.97. The van der Waals surface area contributed by atoms with E-state index >= 15 is 0 Å². The number of carbonyl (C=O) groups excluding carboxylic acids is 2. The average molecular weight is 317 g/mol. The Hall–Kier alpha value is -2.05. The van der Waals surface area contributed by atoms with E-state index in [0.717, 1.165) is 45.2 Å². The molecule has 0 aliphatic carbocycles. The fraction of sp³-hybridized carbons (Fsp3) is 0.688. The number of hydrogen-bond acceptors (Lipinski definition) is 3. The molecule has 0 radical (unpaired) electrons. The molecule has 0 atom stereocenters. The van der Waals surface area contributed by atoms with Crippen LogP contribution in [0.4, 0.5) is 10.6 Å². The maximum absolute atomic E-state index is 12.4. The van der Waals surface area contributed by atoms with Crippen molar-refractivity contribution in [2.75, 3.05) is 25.0 Å². The van der Waals surface area contributed by atoms with E-state index < -0.39 is 0 Å². The molecule has 2 fully saturated rings. The molecule has 0 bridgehead atoms. The smallest absolute Gasteiger partial charge is 0.323 e. The Bertz CT molecular complexity index is 596. The first-order valence-corrected chi connectivity index (χ1v) is 8.63. The fourth-order valence-electron chi connectivity index (χ4n) is 3.95. The number of piperidine rings is 1. The Kier molecular flexibility index (Phi) is 3.71. The number of amides is 3. The first-order chi connectivity index (χ1) is 11.2. The van der Waals surface area contributed by atoms with E-state index in [1.165, 1.54) is 5.69 Å². The second kappa shape index (κ2) is 5.86. The highest BCUT2D eigenvalue weighted by atomic mass is 16.2. The van der Waals surface area contributed by atoms with Crippen LogP contribution in [0.2, 0.25) is 0 Å². The zero-order chi connectivity index (χ0) is 15.8. The van der Waals surface area contributed by atoms with Gasteiger partial charge in [-0.25, -0.2) is 4.79 Å². The summed E-state index contributed by atoms with van der Waals surface area (Å²) in [6, 6.07) is 2.21. The molecule has 7 heteroatoms. The van der Waals surface area contributed by atoms with Crippen molar-refractivity contribution in [1.82, 2.24) is 19.6 Å². The number of rotatable bonds is 2. The van der Waals surface area contributed by atoms with Crippen LogP contribution in [0.1, 0.15) is 37.8 Å². The number of hydrogen-bond donors (Lipinski definition) is 1. The summed E-state index contributed by atoms with van der Waals surface area (Å²) in [5, 5.41) is 7.33. The van der Waals surface area contributed by atoms with Gasteiger partial charge in [-0.2, -0.15) is 5.10 Å². The van der Waals surface area contributed by atoms with Gasteiger partial charge in [0.05, 0.1) is 0 Å². The quantitative estimate of drug-likeness (QED) is 0.897. The molecule has 4 heterocycles. The predicted octanol–water partition coefficient (Wildman–Crippen LogP) is 1.45. The fourth-order valence-corrected chi connectivity index (χ4v) is 3.95. The highest BCUT2D eigenvalue weighted by molar-refractivity contribution is 5.88. The van der Waals surface area contributed by atoms with Crippen LogP contribution in [0.15, 0.2) is 6.07 Å². The Labute approximate surface area is 135 Å². The lowest BCUT2D eigenvalue weighted by atomic mass is 10.0. The Morgan fingerprint density at radius 1 is 1.13 bits per heavy atom. The van der Waals surface area contributed by atoms with Crippen molar-refractivity contribution in [3.8, 4) is 0 Å². The van der Waals surface area contributed by atoms with Gasteiger partial charge in [-0.3, -0.25) is 14.8 Å². The van der Waals surface area contributed by atoms with E-state index in [1.807, 2.05) is 20.5 Å². The molecule has 2 saturated heterocycles. The van der Waals surface area contributed by atoms with Crippen molar-refractivity contribution in [3.05, 3.63) is 11.8 Å². The highest BCUT2D eigenvalue weighted by Gasteiger charge is 2.32. The monoisotopic (exact) mass is 317 g/mol. The summed E-state index contributed by atoms with van der Waals surface area (Å²) in [6.07, 6.45) is 5.59. The number of nitrogens with zero attached hydrogens (tertiary/aromatic N) is 4. The van der Waals surface area contributed by atoms with Gasteiger partial charge < -0.3 is 9.80 Å². The second-order valence-corrected chi connectivity index (χ2v) is 6.69. The molecule has 3 amide bonds. The molecular weight excluding hydrogens is 294 g/mol. The number of fused-ring (bicyclic) bond motifs is 1. The molecule has 4 rings (SSSR count). The van der Waals surface area contributed by atoms with Gasteiger partial charge in [-0.15, -0.1) is 0 Å². The van der Waals surface area contributed by atoms with Crippen LogP contribution in [0.5, 0.6) is 0 Å². The van der Waals surface area contributed by atoms with Gasteiger partial charge in [0.15, 0.2) is 5.82 Å². The number of urea groups is 1. The minimum absolute atomic E-state index is 0.0760. The van der Waals surface area contributed by atoms with Crippen molar-refractivity contribution >= 4 is 17.8 Å². The van der Waals surface area contributed by atoms with Crippen LogP contribution >= 0.6 is 0 Å². The molecule has 3 aliphatic heterocycles. The van der Waals surface area contributed by atoms with E-state index in [9.17, 15) is 9.59 Å². The lowest BCUT2D eigenvalue weighted by Crippen LogP contribution is -2.48. The lowest BCUT2D eigenvalue weighted by molar-refractivity contribution is -0.130. The lowest BCUT2D eigenvalue weighted by Gasteiger charge is -2.36. The first-order valence-electron chi connectivity index (χ1n) is 8.63. The SMILES string of the molecule is O=C(Nc1cc2n(n1)CCC2)N1CCC(N2CCCC2=O)CC1. The molecule has 1 aromatic heterocycles. The van der Waals surface area contributed by atoms with Crippen LogP contribution in [0.25, 0.3) is 0 Å². The Morgan fingerprint density at radius 3 is 2.61 bits per heavy atom. The molecule has 3 aliphatic rings. The molecule has 23 heavy (non-hydrogen) atoms. The van der Waals surface area contributed by atoms with Crippen LogP contribution in [-0.2, 0) is 17.8 Å². The summed E-state index contributed by atoms with van der Waals surface area (Å²) in [6.45, 7) is 3.23. The molecule has 0 spiro atoms. The van der Waals surface area contributed by atoms with E-state index in [0.29, 0.717) is 31.4 Å². The summed E-state index contributed by atoms with van der Waals surface area (Å²) in [7, 11) is 0. The Morgan fingerprint density at radius 2 is 1.91 bits per heavy atom. The molecular formula is C16H23N5O2. The van der Waals surface area contributed by atoms with Crippen molar-refractivity contribution in [1.29, 1.82) is 0 Å². The summed E-state index contributed by atoms with van der Waals surface area (Å²) >= 11 is 0. The van der Waals surface area contributed by atoms with Gasteiger partial charge in [-0.05, 0) is 32.1 Å². The third kappa shape index (κ3) is 2.80. The van der Waals surface area contributed by atoms with E-state index in [4.69, 9.17) is 0 Å². The normalized spacial score (nSPS) is 21.8. The maximum atomic E-state index is 12.4. The van der Waals surface area contributed by atoms with Crippen molar-refractivity contribution in [2.45, 2.75) is 51.1 Å². The van der Waals surface area contributed by atoms with Crippen LogP contribution in [-0.4, -0.2) is 57.2 Å². The molecule has 1 aromatic rings. The minimum Gasteiger partial charge on any atom is -0.340 e. The Balaban J connectivity index is 1.31. The number of aryl methyl sites for hydroxylation is 2. The maximum Gasteiger partial charge on any atom is 0.323 e. The number of carbonyl (C=O) groups is 2. The average Bonchev–Trinajstić information content (AvgIpc) is 3.23. The van der Waals surface area contributed by atoms with Gasteiger partial charge in [0.1, 0.15) is 0 Å². The number of nitrogens with one attached hydrogen (secondary N) is 1. The summed E-state index contributed by atoms with van der Waals surface area (Å²) in [4.78, 5) is 28.0. The summed E-state index contributed by atoms with van der Waals surface area (Å²) in [5.74, 6) is 0.932. The van der Waals surface area contributed by atoms with Crippen molar-refractivity contribution < 1.29 is 9.59 Å². The molecule has 1 N–H and O–H groups in total. The van der Waals surface area contributed by atoms with Gasteiger partial charge in [0, 0.05) is 50.4 Å². The third-order valence-electron chi connectivity index (χ3n) is 5.20. The molecule has 124 valence electrons. The zero-order valence-electron chi connectivity index (χ0n) is 13.3. The highest BCUT2D eigenvalue weighted by Crippen LogP contribution is 2.23. The van der Waals surface area contributed by atoms with Gasteiger partial charge >= 0.3 is 6.03 Å². The van der Waals surface area contributed by atoms with E-state index in [1.54, 1.807) is 0 Å². The van der Waals surface area contributed by atoms with E-state index in [-0.39, 0.29) is 11.9 Å². The minimum atomic E-state index is -0.0760. The molecule has 0 saturated carbocycles. The van der Waals surface area contributed by atoms with Crippen molar-refractivity contribution in [3.63, 3.8) is 0 Å². The van der Waals surface area contributed by atoms with Crippen molar-refractivity contribution in [2.24, 2.45) is 0 Å². The number of anilines is 1. The standard InChI is InChI=1S/C16H23N5O2/c22-15-4-2-7-20(15)12-5-9-19(10-6-12)16(23)17-14-11-13-3-1-8-21(13)18-14/h11-12H,1-10H2,(H,17,18,23). The second-order valence-electron chi connectivity index (χ2n) is 6.69. The summed E-state index contributed by atoms with van der Waals surface area (Å²) in [5.41, 5.74) is 1.20. The number of likely N-dealkylation sites (tertiary alicyclic amines) is 2. The molecule has 7 nitrogen and oxygen atoms in total. The largest absolute Gasteiger partial charge is 0.340 e. The van der Waals surface area contributed by atoms with Gasteiger partial charge in [-0.1, -0.05) is 0 Å². The van der Waals surface area contributed by atoms with E-state index in [2.05, 4.69) is 10.4 Å². The van der Waals surface area contributed by atoms with Gasteiger partial charge in [0.2, 0.25) is 5.91 Å². The first kappa shape index (κ1) is 14.5. The predicted molar refractivity (Wildman–Crippen MR) is 85.1 cm³/mol. The van der Waals surface area contributed by atoms with Gasteiger partial charge in [0.25, 0.3) is 0 Å². The zero-order valence-corrected chi connectivity index (χ0v) is 13.3. The topological polar surface area (TPSA) is 70.5 Å².